The fourth-order valence-electron chi connectivity index (χ4n) is 3.78. The number of nitrogens with one attached hydrogen (secondary N) is 1. The highest BCUT2D eigenvalue weighted by molar-refractivity contribution is 7.19. The Morgan fingerprint density at radius 3 is 2.65 bits per heavy atom. The second-order valence-corrected chi connectivity index (χ2v) is 9.29. The third kappa shape index (κ3) is 4.93. The third-order valence-corrected chi connectivity index (χ3v) is 6.68. The highest BCUT2D eigenvalue weighted by Gasteiger charge is 2.22. The Labute approximate surface area is 203 Å². The first-order valence-corrected chi connectivity index (χ1v) is 11.8. The first kappa shape index (κ1) is 22.5. The lowest BCUT2D eigenvalue weighted by atomic mass is 10.2. The lowest BCUT2D eigenvalue weighted by molar-refractivity contribution is 0.142. The van der Waals surface area contributed by atoms with Crippen molar-refractivity contribution in [2.75, 3.05) is 31.5 Å². The third-order valence-electron chi connectivity index (χ3n) is 5.49. The van der Waals surface area contributed by atoms with Crippen LogP contribution in [-0.4, -0.2) is 56.6 Å². The Balaban J connectivity index is 1.23. The van der Waals surface area contributed by atoms with Crippen molar-refractivity contribution >= 4 is 39.6 Å². The number of piperazine rings is 1. The molecule has 1 fully saturated rings. The molecule has 2 amide bonds. The number of anilines is 1. The van der Waals surface area contributed by atoms with Gasteiger partial charge in [-0.05, 0) is 30.3 Å². The van der Waals surface area contributed by atoms with Gasteiger partial charge in [0.25, 0.3) is 5.56 Å². The molecule has 1 aliphatic rings. The topological polar surface area (TPSA) is 82.8 Å². The van der Waals surface area contributed by atoms with E-state index in [-0.39, 0.29) is 17.4 Å². The number of carbonyl (C=O) groups excluding carboxylic acids is 1. The molecule has 0 atom stereocenters. The van der Waals surface area contributed by atoms with Crippen molar-refractivity contribution in [1.82, 2.24) is 24.4 Å². The van der Waals surface area contributed by atoms with E-state index in [0.717, 1.165) is 0 Å². The van der Waals surface area contributed by atoms with Gasteiger partial charge in [0.05, 0.1) is 5.69 Å². The van der Waals surface area contributed by atoms with Gasteiger partial charge < -0.3 is 10.2 Å². The number of hydrogen-bond acceptors (Lipinski definition) is 6. The van der Waals surface area contributed by atoms with E-state index in [1.807, 2.05) is 0 Å². The lowest BCUT2D eigenvalue weighted by Crippen LogP contribution is -2.49. The average molecular weight is 499 g/mol. The van der Waals surface area contributed by atoms with Crippen LogP contribution in [0.4, 0.5) is 14.9 Å². The molecule has 0 bridgehead atoms. The molecule has 5 rings (SSSR count). The van der Waals surface area contributed by atoms with Crippen molar-refractivity contribution in [1.29, 1.82) is 0 Å². The largest absolute Gasteiger partial charge is 0.322 e. The Morgan fingerprint density at radius 1 is 1.09 bits per heavy atom. The smallest absolute Gasteiger partial charge is 0.321 e. The maximum atomic E-state index is 13.6. The molecule has 4 aromatic rings. The van der Waals surface area contributed by atoms with Crippen LogP contribution in [0.5, 0.6) is 0 Å². The fraction of sp³-hybridized carbons (Fsp3) is 0.217. The second kappa shape index (κ2) is 9.49. The summed E-state index contributed by atoms with van der Waals surface area (Å²) < 4.78 is 14.8. The van der Waals surface area contributed by atoms with Gasteiger partial charge in [0.1, 0.15) is 10.8 Å². The zero-order valence-corrected chi connectivity index (χ0v) is 19.5. The molecule has 8 nitrogen and oxygen atoms in total. The first-order valence-electron chi connectivity index (χ1n) is 10.6. The fourth-order valence-corrected chi connectivity index (χ4v) is 4.89. The van der Waals surface area contributed by atoms with Crippen LogP contribution in [0.2, 0.25) is 5.02 Å². The Hall–Kier alpha value is -3.34. The molecule has 3 heterocycles. The SMILES string of the molecule is O=C(Nc1cccc(Cl)c1)N1CCN(Cc2cc(=O)n3nc(-c4cccc(F)c4)sc3n2)CC1. The lowest BCUT2D eigenvalue weighted by Gasteiger charge is -2.34. The van der Waals surface area contributed by atoms with Gasteiger partial charge in [-0.15, -0.1) is 0 Å². The minimum Gasteiger partial charge on any atom is -0.322 e. The van der Waals surface area contributed by atoms with Crippen molar-refractivity contribution in [3.05, 3.63) is 81.5 Å². The highest BCUT2D eigenvalue weighted by atomic mass is 35.5. The zero-order valence-electron chi connectivity index (χ0n) is 17.9. The van der Waals surface area contributed by atoms with E-state index < -0.39 is 0 Å². The number of hydrogen-bond donors (Lipinski definition) is 1. The number of nitrogens with zero attached hydrogens (tertiary/aromatic N) is 5. The maximum absolute atomic E-state index is 13.6. The normalized spacial score (nSPS) is 14.5. The minimum atomic E-state index is -0.363. The van der Waals surface area contributed by atoms with Gasteiger partial charge in [-0.2, -0.15) is 9.61 Å². The summed E-state index contributed by atoms with van der Waals surface area (Å²) in [6, 6.07) is 14.4. The molecule has 0 aliphatic carbocycles. The number of fused-ring (bicyclic) bond motifs is 1. The predicted octanol–water partition coefficient (Wildman–Crippen LogP) is 3.96. The zero-order chi connectivity index (χ0) is 23.7. The molecule has 0 saturated carbocycles. The molecule has 0 spiro atoms. The molecule has 1 saturated heterocycles. The number of halogens is 2. The number of rotatable bonds is 4. The summed E-state index contributed by atoms with van der Waals surface area (Å²) in [7, 11) is 0. The van der Waals surface area contributed by atoms with Gasteiger partial charge in [0.15, 0.2) is 0 Å². The van der Waals surface area contributed by atoms with Crippen LogP contribution in [0.3, 0.4) is 0 Å². The molecule has 11 heteroatoms. The van der Waals surface area contributed by atoms with E-state index in [1.54, 1.807) is 41.3 Å². The van der Waals surface area contributed by atoms with Crippen molar-refractivity contribution < 1.29 is 9.18 Å². The van der Waals surface area contributed by atoms with E-state index in [9.17, 15) is 14.0 Å². The quantitative estimate of drug-likeness (QED) is 0.460. The standard InChI is InChI=1S/C23H20ClFN6O2S/c24-16-4-2-6-18(12-16)26-22(33)30-9-7-29(8-10-30)14-19-13-20(32)31-23(27-19)34-21(28-31)15-3-1-5-17(25)11-15/h1-6,11-13H,7-10,14H2,(H,26,33). The summed E-state index contributed by atoms with van der Waals surface area (Å²) in [5.41, 5.74) is 1.61. The van der Waals surface area contributed by atoms with Crippen molar-refractivity contribution in [3.8, 4) is 10.6 Å². The molecule has 0 unspecified atom stereocenters. The molecular weight excluding hydrogens is 479 g/mol. The van der Waals surface area contributed by atoms with Gasteiger partial charge in [0.2, 0.25) is 4.96 Å². The molecular formula is C23H20ClFN6O2S. The minimum absolute atomic E-state index is 0.172. The van der Waals surface area contributed by atoms with Crippen LogP contribution >= 0.6 is 22.9 Å². The van der Waals surface area contributed by atoms with E-state index in [2.05, 4.69) is 20.3 Å². The number of carbonyl (C=O) groups is 1. The molecule has 34 heavy (non-hydrogen) atoms. The van der Waals surface area contributed by atoms with E-state index >= 15 is 0 Å². The van der Waals surface area contributed by atoms with Crippen LogP contribution in [0.25, 0.3) is 15.5 Å². The Kier molecular flexibility index (Phi) is 6.27. The van der Waals surface area contributed by atoms with E-state index in [0.29, 0.717) is 64.7 Å². The molecule has 2 aromatic heterocycles. The first-order chi connectivity index (χ1) is 16.4. The van der Waals surface area contributed by atoms with Gasteiger partial charge in [0, 0.05) is 55.1 Å². The van der Waals surface area contributed by atoms with Gasteiger partial charge in [-0.3, -0.25) is 9.69 Å². The van der Waals surface area contributed by atoms with Crippen molar-refractivity contribution in [2.24, 2.45) is 0 Å². The average Bonchev–Trinajstić information content (AvgIpc) is 3.24. The van der Waals surface area contributed by atoms with Crippen LogP contribution in [0.15, 0.2) is 59.4 Å². The molecule has 1 N–H and O–H groups in total. The van der Waals surface area contributed by atoms with Gasteiger partial charge in [-0.25, -0.2) is 14.2 Å². The summed E-state index contributed by atoms with van der Waals surface area (Å²) in [5.74, 6) is -0.363. The van der Waals surface area contributed by atoms with Gasteiger partial charge >= 0.3 is 6.03 Å². The summed E-state index contributed by atoms with van der Waals surface area (Å²) >= 11 is 7.22. The number of aromatic nitrogens is 3. The van der Waals surface area contributed by atoms with E-state index in [1.165, 1.54) is 34.1 Å². The Morgan fingerprint density at radius 2 is 1.88 bits per heavy atom. The van der Waals surface area contributed by atoms with Crippen LogP contribution in [-0.2, 0) is 6.54 Å². The monoisotopic (exact) mass is 498 g/mol. The number of amides is 2. The van der Waals surface area contributed by atoms with Crippen LogP contribution in [0, 0.1) is 5.82 Å². The molecule has 2 aromatic carbocycles. The van der Waals surface area contributed by atoms with Gasteiger partial charge in [-0.1, -0.05) is 41.1 Å². The maximum Gasteiger partial charge on any atom is 0.321 e. The van der Waals surface area contributed by atoms with E-state index in [4.69, 9.17) is 11.6 Å². The highest BCUT2D eigenvalue weighted by Crippen LogP contribution is 2.25. The van der Waals surface area contributed by atoms with Crippen LogP contribution < -0.4 is 10.9 Å². The Bertz CT molecular complexity index is 1420. The molecule has 174 valence electrons. The van der Waals surface area contributed by atoms with Crippen molar-refractivity contribution in [3.63, 3.8) is 0 Å². The summed E-state index contributed by atoms with van der Waals surface area (Å²) in [5, 5.41) is 8.25. The van der Waals surface area contributed by atoms with Crippen LogP contribution in [0.1, 0.15) is 5.69 Å². The second-order valence-electron chi connectivity index (χ2n) is 7.90. The summed E-state index contributed by atoms with van der Waals surface area (Å²) in [6.07, 6.45) is 0. The summed E-state index contributed by atoms with van der Waals surface area (Å²) in [6.45, 7) is 2.90. The molecule has 0 radical (unpaired) electrons. The molecule has 1 aliphatic heterocycles. The summed E-state index contributed by atoms with van der Waals surface area (Å²) in [4.78, 5) is 34.1. The van der Waals surface area contributed by atoms with Crippen molar-refractivity contribution in [2.45, 2.75) is 6.54 Å². The predicted molar refractivity (Wildman–Crippen MR) is 130 cm³/mol. The number of urea groups is 1. The number of benzene rings is 2.